The molecule has 4 heteroatoms. The van der Waals surface area contributed by atoms with Gasteiger partial charge >= 0.3 is 5.97 Å². The minimum absolute atomic E-state index is 0.0519. The van der Waals surface area contributed by atoms with Crippen LogP contribution in [0.3, 0.4) is 0 Å². The maximum absolute atomic E-state index is 12.3. The highest BCUT2D eigenvalue weighted by Crippen LogP contribution is 2.40. The van der Waals surface area contributed by atoms with Gasteiger partial charge in [0.05, 0.1) is 24.1 Å². The van der Waals surface area contributed by atoms with Crippen molar-refractivity contribution in [2.75, 3.05) is 13.7 Å². The smallest absolute Gasteiger partial charge is 0.336 e. The highest BCUT2D eigenvalue weighted by Gasteiger charge is 2.33. The molecule has 1 atom stereocenters. The standard InChI is InChI=1S/C18H18N2O2/c1-11-7-9-20-10-8-13-12-5-3-4-6-14(12)19-16(13)17(20)15(11)18(21)22-2/h3-7,9,11,19H,8,10H2,1-2H3/t11-/m1/s1. The zero-order chi connectivity index (χ0) is 15.3. The van der Waals surface area contributed by atoms with Gasteiger partial charge in [0.2, 0.25) is 0 Å². The van der Waals surface area contributed by atoms with Crippen LogP contribution in [0.1, 0.15) is 18.2 Å². The molecule has 1 aromatic heterocycles. The van der Waals surface area contributed by atoms with Crippen LogP contribution in [0.15, 0.2) is 42.1 Å². The Labute approximate surface area is 129 Å². The Morgan fingerprint density at radius 2 is 2.18 bits per heavy atom. The molecule has 0 bridgehead atoms. The summed E-state index contributed by atoms with van der Waals surface area (Å²) in [6.45, 7) is 2.91. The van der Waals surface area contributed by atoms with Crippen LogP contribution in [-0.4, -0.2) is 29.5 Å². The fourth-order valence-electron chi connectivity index (χ4n) is 3.53. The van der Waals surface area contributed by atoms with Gasteiger partial charge in [0.25, 0.3) is 0 Å². The molecule has 22 heavy (non-hydrogen) atoms. The summed E-state index contributed by atoms with van der Waals surface area (Å²) < 4.78 is 5.03. The van der Waals surface area contributed by atoms with Gasteiger partial charge in [-0.05, 0) is 18.1 Å². The Balaban J connectivity index is 2.01. The molecule has 4 nitrogen and oxygen atoms in total. The molecule has 4 rings (SSSR count). The summed E-state index contributed by atoms with van der Waals surface area (Å²) in [7, 11) is 1.44. The predicted octanol–water partition coefficient (Wildman–Crippen LogP) is 3.07. The van der Waals surface area contributed by atoms with Crippen molar-refractivity contribution in [2.45, 2.75) is 13.3 Å². The van der Waals surface area contributed by atoms with Crippen LogP contribution in [0.5, 0.6) is 0 Å². The van der Waals surface area contributed by atoms with Crippen molar-refractivity contribution in [1.29, 1.82) is 0 Å². The number of rotatable bonds is 1. The second-order valence-corrected chi connectivity index (χ2v) is 5.85. The molecule has 0 saturated carbocycles. The second kappa shape index (κ2) is 4.77. The zero-order valence-electron chi connectivity index (χ0n) is 12.7. The molecule has 0 fully saturated rings. The summed E-state index contributed by atoms with van der Waals surface area (Å²) >= 11 is 0. The first kappa shape index (κ1) is 13.2. The molecule has 0 radical (unpaired) electrons. The third-order valence-corrected chi connectivity index (χ3v) is 4.61. The van der Waals surface area contributed by atoms with Gasteiger partial charge in [-0.3, -0.25) is 0 Å². The Hall–Kier alpha value is -2.49. The molecule has 0 unspecified atom stereocenters. The minimum atomic E-state index is -0.247. The number of allylic oxidation sites excluding steroid dienone is 1. The first-order valence-electron chi connectivity index (χ1n) is 7.58. The van der Waals surface area contributed by atoms with E-state index in [2.05, 4.69) is 40.4 Å². The molecule has 3 heterocycles. The first-order chi connectivity index (χ1) is 10.7. The quantitative estimate of drug-likeness (QED) is 0.822. The molecule has 1 aromatic carbocycles. The first-order valence-corrected chi connectivity index (χ1v) is 7.58. The number of carbonyl (C=O) groups excluding carboxylic acids is 1. The van der Waals surface area contributed by atoms with E-state index in [4.69, 9.17) is 4.74 Å². The van der Waals surface area contributed by atoms with E-state index in [1.807, 2.05) is 13.0 Å². The highest BCUT2D eigenvalue weighted by molar-refractivity contribution is 6.01. The van der Waals surface area contributed by atoms with Gasteiger partial charge in [0.1, 0.15) is 0 Å². The molecule has 0 spiro atoms. The number of benzene rings is 1. The average Bonchev–Trinajstić information content (AvgIpc) is 2.93. The van der Waals surface area contributed by atoms with E-state index in [0.717, 1.165) is 35.4 Å². The topological polar surface area (TPSA) is 45.3 Å². The van der Waals surface area contributed by atoms with E-state index >= 15 is 0 Å². The van der Waals surface area contributed by atoms with Crippen molar-refractivity contribution < 1.29 is 9.53 Å². The lowest BCUT2D eigenvalue weighted by Crippen LogP contribution is -2.31. The van der Waals surface area contributed by atoms with Crippen molar-refractivity contribution >= 4 is 22.6 Å². The fraction of sp³-hybridized carbons (Fsp3) is 0.278. The lowest BCUT2D eigenvalue weighted by Gasteiger charge is -2.34. The summed E-state index contributed by atoms with van der Waals surface area (Å²) in [5.41, 5.74) is 5.18. The average molecular weight is 294 g/mol. The summed E-state index contributed by atoms with van der Waals surface area (Å²) in [5.74, 6) is -0.195. The number of nitrogens with zero attached hydrogens (tertiary/aromatic N) is 1. The van der Waals surface area contributed by atoms with E-state index in [1.165, 1.54) is 18.1 Å². The summed E-state index contributed by atoms with van der Waals surface area (Å²) in [6.07, 6.45) is 5.11. The van der Waals surface area contributed by atoms with Crippen molar-refractivity contribution in [3.05, 3.63) is 53.4 Å². The van der Waals surface area contributed by atoms with Crippen LogP contribution < -0.4 is 0 Å². The van der Waals surface area contributed by atoms with Crippen LogP contribution >= 0.6 is 0 Å². The number of hydrogen-bond acceptors (Lipinski definition) is 3. The molecule has 0 amide bonds. The number of ether oxygens (including phenoxy) is 1. The summed E-state index contributed by atoms with van der Waals surface area (Å²) in [6, 6.07) is 8.31. The molecular formula is C18H18N2O2. The Morgan fingerprint density at radius 1 is 1.36 bits per heavy atom. The van der Waals surface area contributed by atoms with Crippen LogP contribution in [0, 0.1) is 5.92 Å². The second-order valence-electron chi connectivity index (χ2n) is 5.85. The van der Waals surface area contributed by atoms with Crippen molar-refractivity contribution in [2.24, 2.45) is 5.92 Å². The van der Waals surface area contributed by atoms with Gasteiger partial charge in [-0.15, -0.1) is 0 Å². The number of aromatic nitrogens is 1. The molecular weight excluding hydrogens is 276 g/mol. The normalized spacial score (nSPS) is 20.1. The lowest BCUT2D eigenvalue weighted by atomic mass is 9.90. The number of H-pyrrole nitrogens is 1. The number of hydrogen-bond donors (Lipinski definition) is 1. The number of nitrogens with one attached hydrogen (secondary N) is 1. The molecule has 2 aliphatic rings. The van der Waals surface area contributed by atoms with Gasteiger partial charge in [-0.1, -0.05) is 31.2 Å². The Kier molecular flexibility index (Phi) is 2.86. The largest absolute Gasteiger partial charge is 0.466 e. The van der Waals surface area contributed by atoms with Crippen LogP contribution in [-0.2, 0) is 16.0 Å². The van der Waals surface area contributed by atoms with Crippen LogP contribution in [0.2, 0.25) is 0 Å². The number of esters is 1. The Morgan fingerprint density at radius 3 is 3.00 bits per heavy atom. The monoisotopic (exact) mass is 294 g/mol. The number of methoxy groups -OCH3 is 1. The third-order valence-electron chi connectivity index (χ3n) is 4.61. The number of para-hydroxylation sites is 1. The molecule has 0 aliphatic carbocycles. The zero-order valence-corrected chi connectivity index (χ0v) is 12.7. The summed E-state index contributed by atoms with van der Waals surface area (Å²) in [4.78, 5) is 18.0. The predicted molar refractivity (Wildman–Crippen MR) is 85.9 cm³/mol. The number of fused-ring (bicyclic) bond motifs is 5. The van der Waals surface area contributed by atoms with Gasteiger partial charge in [0, 0.05) is 29.6 Å². The molecule has 0 saturated heterocycles. The van der Waals surface area contributed by atoms with Gasteiger partial charge in [-0.2, -0.15) is 0 Å². The summed E-state index contributed by atoms with van der Waals surface area (Å²) in [5, 5.41) is 1.25. The maximum Gasteiger partial charge on any atom is 0.336 e. The number of aromatic amines is 1. The van der Waals surface area contributed by atoms with Crippen molar-refractivity contribution in [1.82, 2.24) is 9.88 Å². The Bertz CT molecular complexity index is 829. The number of carbonyl (C=O) groups is 1. The molecule has 2 aliphatic heterocycles. The van der Waals surface area contributed by atoms with E-state index in [0.29, 0.717) is 0 Å². The molecule has 2 aromatic rings. The van der Waals surface area contributed by atoms with E-state index < -0.39 is 0 Å². The van der Waals surface area contributed by atoms with Crippen LogP contribution in [0.25, 0.3) is 16.6 Å². The molecule has 1 N–H and O–H groups in total. The highest BCUT2D eigenvalue weighted by atomic mass is 16.5. The van der Waals surface area contributed by atoms with Gasteiger partial charge in [0.15, 0.2) is 0 Å². The van der Waals surface area contributed by atoms with Crippen LogP contribution in [0.4, 0.5) is 0 Å². The van der Waals surface area contributed by atoms with Gasteiger partial charge in [-0.25, -0.2) is 4.79 Å². The molecule has 112 valence electrons. The van der Waals surface area contributed by atoms with E-state index in [9.17, 15) is 4.79 Å². The van der Waals surface area contributed by atoms with Crippen molar-refractivity contribution in [3.8, 4) is 0 Å². The van der Waals surface area contributed by atoms with E-state index in [1.54, 1.807) is 0 Å². The van der Waals surface area contributed by atoms with Crippen molar-refractivity contribution in [3.63, 3.8) is 0 Å². The third kappa shape index (κ3) is 1.73. The lowest BCUT2D eigenvalue weighted by molar-refractivity contribution is -0.136. The SMILES string of the molecule is COC(=O)C1=C2c3[nH]c4ccccc4c3CCN2C=C[C@H]1C. The van der Waals surface area contributed by atoms with E-state index in [-0.39, 0.29) is 11.9 Å². The fourth-order valence-corrected chi connectivity index (χ4v) is 3.53. The van der Waals surface area contributed by atoms with Gasteiger partial charge < -0.3 is 14.6 Å². The maximum atomic E-state index is 12.3. The minimum Gasteiger partial charge on any atom is -0.466 e.